The van der Waals surface area contributed by atoms with Gasteiger partial charge in [0.15, 0.2) is 5.69 Å². The van der Waals surface area contributed by atoms with Crippen molar-refractivity contribution in [2.24, 2.45) is 0 Å². The minimum atomic E-state index is -4.62. The van der Waals surface area contributed by atoms with Gasteiger partial charge in [-0.1, -0.05) is 114 Å². The number of rotatable bonds is 3. The Morgan fingerprint density at radius 1 is 0.537 bits per heavy atom. The molecule has 7 heteroatoms. The zero-order valence-corrected chi connectivity index (χ0v) is 30.9. The predicted octanol–water partition coefficient (Wildman–Crippen LogP) is 13.6. The number of alkyl halides is 3. The summed E-state index contributed by atoms with van der Waals surface area (Å²) in [6.45, 7) is 21.0. The van der Waals surface area contributed by atoms with Crippen LogP contribution in [0.5, 0.6) is 0 Å². The number of fused-ring (bicyclic) bond motifs is 6. The van der Waals surface area contributed by atoms with Crippen molar-refractivity contribution >= 4 is 49.3 Å². The molecule has 0 fully saturated rings. The summed E-state index contributed by atoms with van der Waals surface area (Å²) in [7, 11) is 0. The molecule has 8 rings (SSSR count). The molecule has 0 atom stereocenters. The van der Waals surface area contributed by atoms with Gasteiger partial charge in [-0.25, -0.2) is 4.85 Å². The van der Waals surface area contributed by atoms with Gasteiger partial charge in [0.05, 0.1) is 51.6 Å². The average Bonchev–Trinajstić information content (AvgIpc) is 3.65. The molecular weight excluding hydrogens is 678 g/mol. The third-order valence-electron chi connectivity index (χ3n) is 10.5. The van der Waals surface area contributed by atoms with Gasteiger partial charge >= 0.3 is 6.18 Å². The molecule has 0 spiro atoms. The molecule has 0 unspecified atom stereocenters. The fourth-order valence-corrected chi connectivity index (χ4v) is 7.67. The minimum absolute atomic E-state index is 0.144. The van der Waals surface area contributed by atoms with Gasteiger partial charge in [0.1, 0.15) is 0 Å². The molecule has 2 heterocycles. The van der Waals surface area contributed by atoms with E-state index >= 15 is 0 Å². The molecule has 0 amide bonds. The summed E-state index contributed by atoms with van der Waals surface area (Å²) >= 11 is 0. The predicted molar refractivity (Wildman–Crippen MR) is 214 cm³/mol. The van der Waals surface area contributed by atoms with Gasteiger partial charge in [-0.3, -0.25) is 0 Å². The first-order chi connectivity index (χ1) is 25.6. The summed E-state index contributed by atoms with van der Waals surface area (Å²) in [5.41, 5.74) is 7.03. The Balaban J connectivity index is 1.58. The summed E-state index contributed by atoms with van der Waals surface area (Å²) in [5, 5.41) is 15.0. The molecule has 8 aromatic rings. The zero-order chi connectivity index (χ0) is 38.3. The number of aromatic nitrogens is 2. The van der Waals surface area contributed by atoms with Gasteiger partial charge in [-0.2, -0.15) is 18.4 Å². The second-order valence-electron chi connectivity index (χ2n) is 16.0. The zero-order valence-electron chi connectivity index (χ0n) is 30.9. The topological polar surface area (TPSA) is 38.0 Å². The van der Waals surface area contributed by atoms with E-state index in [0.29, 0.717) is 5.56 Å². The van der Waals surface area contributed by atoms with Crippen molar-refractivity contribution in [3.63, 3.8) is 0 Å². The SMILES string of the molecule is [C-]#[N+]c1cc(C(F)(F)F)ccc1-c1cc(-n2c3ccccc3c3ccc(C(C)(C)C)cc32)c(-n2c3ccccc3c3ccc(C(C)(C)C)cc32)cc1C#N. The van der Waals surface area contributed by atoms with Crippen LogP contribution in [0.15, 0.2) is 115 Å². The molecule has 54 heavy (non-hydrogen) atoms. The highest BCUT2D eigenvalue weighted by atomic mass is 19.4. The summed E-state index contributed by atoms with van der Waals surface area (Å²) in [4.78, 5) is 3.54. The molecular formula is C47H37F3N4. The first kappa shape index (κ1) is 34.8. The third-order valence-corrected chi connectivity index (χ3v) is 10.5. The number of halogens is 3. The largest absolute Gasteiger partial charge is 0.415 e. The van der Waals surface area contributed by atoms with Crippen molar-refractivity contribution in [1.29, 1.82) is 5.26 Å². The molecule has 6 aromatic carbocycles. The Morgan fingerprint density at radius 3 is 1.46 bits per heavy atom. The first-order valence-electron chi connectivity index (χ1n) is 17.9. The van der Waals surface area contributed by atoms with Crippen molar-refractivity contribution in [3.8, 4) is 28.6 Å². The normalized spacial score (nSPS) is 12.5. The van der Waals surface area contributed by atoms with E-state index in [-0.39, 0.29) is 27.6 Å². The quantitative estimate of drug-likeness (QED) is 0.168. The van der Waals surface area contributed by atoms with Gasteiger partial charge < -0.3 is 9.13 Å². The highest BCUT2D eigenvalue weighted by Crippen LogP contribution is 2.44. The van der Waals surface area contributed by atoms with Crippen LogP contribution in [0, 0.1) is 17.9 Å². The van der Waals surface area contributed by atoms with Crippen LogP contribution in [-0.2, 0) is 17.0 Å². The van der Waals surface area contributed by atoms with E-state index in [0.717, 1.165) is 78.2 Å². The average molecular weight is 715 g/mol. The van der Waals surface area contributed by atoms with E-state index in [1.807, 2.05) is 36.4 Å². The van der Waals surface area contributed by atoms with E-state index in [2.05, 4.69) is 122 Å². The van der Waals surface area contributed by atoms with Crippen LogP contribution in [0.3, 0.4) is 0 Å². The van der Waals surface area contributed by atoms with Crippen LogP contribution in [0.4, 0.5) is 18.9 Å². The lowest BCUT2D eigenvalue weighted by Gasteiger charge is -2.22. The van der Waals surface area contributed by atoms with Crippen LogP contribution < -0.4 is 0 Å². The van der Waals surface area contributed by atoms with Crippen LogP contribution in [-0.4, -0.2) is 9.13 Å². The van der Waals surface area contributed by atoms with Crippen LogP contribution >= 0.6 is 0 Å². The summed E-state index contributed by atoms with van der Waals surface area (Å²) in [6, 6.07) is 38.7. The van der Waals surface area contributed by atoms with E-state index in [1.54, 1.807) is 0 Å². The molecule has 0 saturated heterocycles. The second kappa shape index (κ2) is 12.1. The number of hydrogen-bond acceptors (Lipinski definition) is 1. The Labute approximate surface area is 312 Å². The molecule has 0 bridgehead atoms. The Kier molecular flexibility index (Phi) is 7.80. The van der Waals surface area contributed by atoms with Crippen molar-refractivity contribution in [3.05, 3.63) is 149 Å². The number of benzene rings is 6. The maximum Gasteiger partial charge on any atom is 0.415 e. The van der Waals surface area contributed by atoms with Gasteiger partial charge in [-0.05, 0) is 75.5 Å². The van der Waals surface area contributed by atoms with Crippen LogP contribution in [0.25, 0.3) is 71.0 Å². The number of hydrogen-bond donors (Lipinski definition) is 0. The second-order valence-corrected chi connectivity index (χ2v) is 16.0. The molecule has 0 radical (unpaired) electrons. The molecule has 2 aromatic heterocycles. The Morgan fingerprint density at radius 2 is 1.00 bits per heavy atom. The number of nitriles is 1. The molecule has 4 nitrogen and oxygen atoms in total. The van der Waals surface area contributed by atoms with E-state index in [9.17, 15) is 18.4 Å². The lowest BCUT2D eigenvalue weighted by molar-refractivity contribution is -0.137. The first-order valence-corrected chi connectivity index (χ1v) is 17.9. The Hall–Kier alpha value is -6.31. The highest BCUT2D eigenvalue weighted by molar-refractivity contribution is 6.12. The number of nitrogens with zero attached hydrogens (tertiary/aromatic N) is 4. The number of para-hydroxylation sites is 2. The standard InChI is InChI=1S/C47H37F3N4/c1-45(2,3)29-16-20-35-33-12-8-10-14-39(33)53(41(35)24-29)43-22-28(27-51)37(32-19-18-31(47(48,49)50)23-38(32)52-7)26-44(43)54-40-15-11-9-13-34(40)36-21-17-30(25-42(36)54)46(4,5)6/h8-26H,1-6H3. The molecule has 0 aliphatic heterocycles. The summed E-state index contributed by atoms with van der Waals surface area (Å²) in [6.07, 6.45) is -4.62. The molecule has 266 valence electrons. The van der Waals surface area contributed by atoms with E-state index in [4.69, 9.17) is 6.57 Å². The van der Waals surface area contributed by atoms with Crippen molar-refractivity contribution in [2.45, 2.75) is 58.5 Å². The van der Waals surface area contributed by atoms with Crippen LogP contribution in [0.2, 0.25) is 0 Å². The van der Waals surface area contributed by atoms with Gasteiger partial charge in [0, 0.05) is 27.1 Å². The third kappa shape index (κ3) is 5.51. The van der Waals surface area contributed by atoms with Gasteiger partial charge in [-0.15, -0.1) is 0 Å². The summed E-state index contributed by atoms with van der Waals surface area (Å²) < 4.78 is 46.0. The lowest BCUT2D eigenvalue weighted by Crippen LogP contribution is -2.12. The van der Waals surface area contributed by atoms with E-state index < -0.39 is 11.7 Å². The lowest BCUT2D eigenvalue weighted by atomic mass is 9.86. The van der Waals surface area contributed by atoms with Gasteiger partial charge in [0.25, 0.3) is 0 Å². The summed E-state index contributed by atoms with van der Waals surface area (Å²) in [5.74, 6) is 0. The fourth-order valence-electron chi connectivity index (χ4n) is 7.67. The smallest absolute Gasteiger partial charge is 0.307 e. The van der Waals surface area contributed by atoms with Gasteiger partial charge in [0.2, 0.25) is 0 Å². The maximum atomic E-state index is 13.9. The monoisotopic (exact) mass is 714 g/mol. The Bertz CT molecular complexity index is 2910. The minimum Gasteiger partial charge on any atom is -0.307 e. The van der Waals surface area contributed by atoms with E-state index in [1.165, 1.54) is 6.07 Å². The van der Waals surface area contributed by atoms with Crippen molar-refractivity contribution in [1.82, 2.24) is 9.13 Å². The van der Waals surface area contributed by atoms with Crippen molar-refractivity contribution < 1.29 is 13.2 Å². The van der Waals surface area contributed by atoms with Crippen LogP contribution in [0.1, 0.15) is 63.8 Å². The highest BCUT2D eigenvalue weighted by Gasteiger charge is 2.32. The molecule has 0 saturated carbocycles. The molecule has 0 N–H and O–H groups in total. The maximum absolute atomic E-state index is 13.9. The fraction of sp³-hybridized carbons (Fsp3) is 0.191. The molecule has 0 aliphatic carbocycles. The van der Waals surface area contributed by atoms with Crippen molar-refractivity contribution in [2.75, 3.05) is 0 Å². The molecule has 0 aliphatic rings.